The van der Waals surface area contributed by atoms with Crippen LogP contribution >= 0.6 is 0 Å². The Balaban J connectivity index is 3.41. The Hall–Kier alpha value is -1.86. The molecular formula is C21H38BN3O4. The third kappa shape index (κ3) is 17.9. The van der Waals surface area contributed by atoms with Crippen LogP contribution in [-0.2, 0) is 19.2 Å². The van der Waals surface area contributed by atoms with Crippen LogP contribution in [0.1, 0.15) is 90.9 Å². The average Bonchev–Trinajstić information content (AvgIpc) is 2.69. The van der Waals surface area contributed by atoms with Gasteiger partial charge in [-0.05, 0) is 38.5 Å². The van der Waals surface area contributed by atoms with E-state index in [1.165, 1.54) is 0 Å². The first kappa shape index (κ1) is 27.1. The van der Waals surface area contributed by atoms with Gasteiger partial charge in [0, 0.05) is 44.7 Å². The molecular weight excluding hydrogens is 369 g/mol. The molecule has 0 saturated carbocycles. The molecule has 0 aromatic rings. The largest absolute Gasteiger partial charge is 0.409 e. The number of Topliss-reactive ketones (excluding diaryl/α,β-unsaturated/α-hetero) is 1. The number of hydrogen-bond acceptors (Lipinski definition) is 4. The molecule has 0 bridgehead atoms. The highest BCUT2D eigenvalue weighted by Crippen LogP contribution is 2.06. The van der Waals surface area contributed by atoms with Gasteiger partial charge in [-0.15, -0.1) is 0 Å². The first-order valence-corrected chi connectivity index (χ1v) is 10.9. The molecule has 0 unspecified atom stereocenters. The van der Waals surface area contributed by atoms with Crippen molar-refractivity contribution < 1.29 is 19.2 Å². The Labute approximate surface area is 177 Å². The molecule has 0 fully saturated rings. The van der Waals surface area contributed by atoms with E-state index in [9.17, 15) is 19.2 Å². The zero-order chi connectivity index (χ0) is 21.9. The van der Waals surface area contributed by atoms with Gasteiger partial charge in [-0.1, -0.05) is 26.7 Å². The van der Waals surface area contributed by atoms with Crippen molar-refractivity contribution in [2.75, 3.05) is 13.1 Å². The summed E-state index contributed by atoms with van der Waals surface area (Å²) < 4.78 is 0. The van der Waals surface area contributed by atoms with Crippen LogP contribution in [0.2, 0.25) is 0 Å². The number of rotatable bonds is 18. The predicted molar refractivity (Wildman–Crippen MR) is 115 cm³/mol. The van der Waals surface area contributed by atoms with Crippen LogP contribution < -0.4 is 15.9 Å². The number of hydrogen-bond donors (Lipinski definition) is 3. The van der Waals surface area contributed by atoms with Crippen LogP contribution in [0.5, 0.6) is 0 Å². The number of carbonyl (C=O) groups excluding carboxylic acids is 4. The number of carbonyl (C=O) groups is 4. The molecule has 0 saturated heterocycles. The lowest BCUT2D eigenvalue weighted by Crippen LogP contribution is -2.25. The topological polar surface area (TPSA) is 104 Å². The summed E-state index contributed by atoms with van der Waals surface area (Å²) in [6.07, 6.45) is 8.47. The Kier molecular flexibility index (Phi) is 17.0. The second kappa shape index (κ2) is 18.2. The Morgan fingerprint density at radius 3 is 1.48 bits per heavy atom. The van der Waals surface area contributed by atoms with E-state index in [4.69, 9.17) is 7.98 Å². The van der Waals surface area contributed by atoms with E-state index < -0.39 is 0 Å². The van der Waals surface area contributed by atoms with Crippen LogP contribution in [0.15, 0.2) is 0 Å². The van der Waals surface area contributed by atoms with E-state index in [0.717, 1.165) is 38.5 Å². The van der Waals surface area contributed by atoms with Crippen LogP contribution in [0, 0.1) is 5.92 Å². The molecule has 7 nitrogen and oxygen atoms in total. The van der Waals surface area contributed by atoms with Crippen LogP contribution in [-0.4, -0.2) is 44.6 Å². The van der Waals surface area contributed by atoms with E-state index in [0.29, 0.717) is 57.4 Å². The predicted octanol–water partition coefficient (Wildman–Crippen LogP) is 2.32. The average molecular weight is 407 g/mol. The third-order valence-electron chi connectivity index (χ3n) is 4.69. The van der Waals surface area contributed by atoms with E-state index >= 15 is 0 Å². The van der Waals surface area contributed by atoms with Gasteiger partial charge in [-0.25, -0.2) is 0 Å². The van der Waals surface area contributed by atoms with Gasteiger partial charge in [0.25, 0.3) is 0 Å². The third-order valence-corrected chi connectivity index (χ3v) is 4.69. The zero-order valence-electron chi connectivity index (χ0n) is 18.2. The summed E-state index contributed by atoms with van der Waals surface area (Å²) in [5.74, 6) is 0.258. The lowest BCUT2D eigenvalue weighted by atomic mass is 10.0. The van der Waals surface area contributed by atoms with Crippen molar-refractivity contribution >= 4 is 31.5 Å². The van der Waals surface area contributed by atoms with Crippen molar-refractivity contribution in [1.29, 1.82) is 0 Å². The lowest BCUT2D eigenvalue weighted by Gasteiger charge is -2.07. The van der Waals surface area contributed by atoms with Gasteiger partial charge >= 0.3 is 0 Å². The van der Waals surface area contributed by atoms with Crippen molar-refractivity contribution in [1.82, 2.24) is 15.9 Å². The molecule has 0 heterocycles. The smallest absolute Gasteiger partial charge is 0.226 e. The normalized spacial score (nSPS) is 10.6. The molecule has 0 aliphatic rings. The number of nitrogens with one attached hydrogen (secondary N) is 3. The molecule has 0 aliphatic heterocycles. The van der Waals surface area contributed by atoms with E-state index in [-0.39, 0.29) is 23.6 Å². The number of amides is 3. The van der Waals surface area contributed by atoms with Gasteiger partial charge in [0.1, 0.15) is 5.78 Å². The van der Waals surface area contributed by atoms with Gasteiger partial charge in [0.05, 0.1) is 0 Å². The van der Waals surface area contributed by atoms with Gasteiger partial charge < -0.3 is 15.9 Å². The van der Waals surface area contributed by atoms with E-state index in [2.05, 4.69) is 15.9 Å². The maximum atomic E-state index is 11.8. The molecule has 0 atom stereocenters. The Morgan fingerprint density at radius 1 is 0.621 bits per heavy atom. The molecule has 3 N–H and O–H groups in total. The molecule has 0 aromatic carbocycles. The highest BCUT2D eigenvalue weighted by Gasteiger charge is 2.06. The van der Waals surface area contributed by atoms with Crippen molar-refractivity contribution in [3.63, 3.8) is 0 Å². The minimum absolute atomic E-state index is 0.00834. The highest BCUT2D eigenvalue weighted by atomic mass is 16.2. The summed E-state index contributed by atoms with van der Waals surface area (Å²) in [4.78, 5) is 45.8. The molecule has 2 radical (unpaired) electrons. The maximum Gasteiger partial charge on any atom is 0.226 e. The summed E-state index contributed by atoms with van der Waals surface area (Å²) in [6.45, 7) is 5.12. The molecule has 0 aromatic heterocycles. The molecule has 0 aliphatic carbocycles. The second-order valence-corrected chi connectivity index (χ2v) is 7.72. The first-order valence-electron chi connectivity index (χ1n) is 10.9. The minimum atomic E-state index is -0.215. The minimum Gasteiger partial charge on any atom is -0.409 e. The Bertz CT molecular complexity index is 498. The van der Waals surface area contributed by atoms with Crippen molar-refractivity contribution in [3.05, 3.63) is 0 Å². The van der Waals surface area contributed by atoms with Crippen molar-refractivity contribution in [3.8, 4) is 0 Å². The zero-order valence-corrected chi connectivity index (χ0v) is 18.2. The van der Waals surface area contributed by atoms with Gasteiger partial charge in [0.2, 0.25) is 25.7 Å². The monoisotopic (exact) mass is 407 g/mol. The molecule has 29 heavy (non-hydrogen) atoms. The molecule has 8 heteroatoms. The van der Waals surface area contributed by atoms with Crippen LogP contribution in [0.4, 0.5) is 0 Å². The van der Waals surface area contributed by atoms with Gasteiger partial charge in [-0.2, -0.15) is 0 Å². The second-order valence-electron chi connectivity index (χ2n) is 7.72. The quantitative estimate of drug-likeness (QED) is 0.240. The molecule has 0 spiro atoms. The maximum absolute atomic E-state index is 11.8. The summed E-state index contributed by atoms with van der Waals surface area (Å²) in [5.41, 5.74) is 0. The highest BCUT2D eigenvalue weighted by molar-refractivity contribution is 6.14. The van der Waals surface area contributed by atoms with Gasteiger partial charge in [-0.3, -0.25) is 19.2 Å². The fourth-order valence-electron chi connectivity index (χ4n) is 2.75. The fraction of sp³-hybridized carbons (Fsp3) is 0.810. The van der Waals surface area contributed by atoms with E-state index in [1.807, 2.05) is 13.8 Å². The summed E-state index contributed by atoms with van der Waals surface area (Å²) in [6, 6.07) is 0. The van der Waals surface area contributed by atoms with Crippen LogP contribution in [0.25, 0.3) is 0 Å². The number of ketones is 1. The number of unbranched alkanes of at least 4 members (excludes halogenated alkanes) is 5. The van der Waals surface area contributed by atoms with Gasteiger partial charge in [0.15, 0.2) is 0 Å². The first-order chi connectivity index (χ1) is 13.9. The SMILES string of the molecule is [B]NC(=O)CCCCC(=O)NCCCCCC(=O)NCCCCCC(=O)C(C)C. The summed E-state index contributed by atoms with van der Waals surface area (Å²) in [7, 11) is 4.98. The summed E-state index contributed by atoms with van der Waals surface area (Å²) >= 11 is 0. The fourth-order valence-corrected chi connectivity index (χ4v) is 2.75. The molecule has 3 amide bonds. The lowest BCUT2D eigenvalue weighted by molar-refractivity contribution is -0.122. The molecule has 164 valence electrons. The van der Waals surface area contributed by atoms with Crippen LogP contribution in [0.3, 0.4) is 0 Å². The van der Waals surface area contributed by atoms with Crippen molar-refractivity contribution in [2.24, 2.45) is 5.92 Å². The summed E-state index contributed by atoms with van der Waals surface area (Å²) in [5, 5.41) is 7.83. The molecule has 0 rings (SSSR count). The van der Waals surface area contributed by atoms with Crippen molar-refractivity contribution in [2.45, 2.75) is 90.9 Å². The Morgan fingerprint density at radius 2 is 1.03 bits per heavy atom. The standard InChI is InChI=1S/C21H38BN3O4/c1-17(2)18(26)11-5-3-9-15-23-19(27)12-6-4-10-16-24-20(28)13-7-8-14-21(29)25-22/h17H,3-16H2,1-2H3,(H,23,27)(H,24,28)(H,25,29). The van der Waals surface area contributed by atoms with E-state index in [1.54, 1.807) is 0 Å².